The Morgan fingerprint density at radius 1 is 1.15 bits per heavy atom. The second kappa shape index (κ2) is 10.1. The third-order valence-corrected chi connectivity index (χ3v) is 4.34. The zero-order valence-corrected chi connectivity index (χ0v) is 15.9. The minimum Gasteiger partial charge on any atom is -0.454 e. The standard InChI is InChI=1S/C19H29N3O4/c1-15(2)7-13-25-16(3)19(24)26-14-18(23)22-11-9-21(10-12-22)17-6-4-5-8-20-17/h4-6,8,15-16H,7,9-14H2,1-3H3. The molecule has 1 atom stereocenters. The molecule has 26 heavy (non-hydrogen) atoms. The van der Waals surface area contributed by atoms with Crippen LogP contribution in [-0.4, -0.2) is 67.3 Å². The number of rotatable bonds is 8. The molecule has 0 saturated carbocycles. The average molecular weight is 363 g/mol. The summed E-state index contributed by atoms with van der Waals surface area (Å²) in [4.78, 5) is 32.3. The highest BCUT2D eigenvalue weighted by atomic mass is 16.6. The molecular weight excluding hydrogens is 334 g/mol. The van der Waals surface area contributed by atoms with E-state index in [2.05, 4.69) is 23.7 Å². The zero-order valence-electron chi connectivity index (χ0n) is 15.9. The summed E-state index contributed by atoms with van der Waals surface area (Å²) in [5.74, 6) is 0.769. The zero-order chi connectivity index (χ0) is 18.9. The van der Waals surface area contributed by atoms with Crippen molar-refractivity contribution in [1.29, 1.82) is 0 Å². The van der Waals surface area contributed by atoms with Gasteiger partial charge in [-0.25, -0.2) is 9.78 Å². The van der Waals surface area contributed by atoms with Crippen LogP contribution < -0.4 is 4.90 Å². The molecule has 1 unspecified atom stereocenters. The van der Waals surface area contributed by atoms with E-state index in [0.29, 0.717) is 38.7 Å². The molecule has 7 heteroatoms. The van der Waals surface area contributed by atoms with E-state index in [-0.39, 0.29) is 12.5 Å². The van der Waals surface area contributed by atoms with E-state index in [0.717, 1.165) is 12.2 Å². The Bertz CT molecular complexity index is 571. The van der Waals surface area contributed by atoms with Crippen molar-refractivity contribution < 1.29 is 19.1 Å². The summed E-state index contributed by atoms with van der Waals surface area (Å²) in [6, 6.07) is 5.79. The van der Waals surface area contributed by atoms with Crippen molar-refractivity contribution in [2.75, 3.05) is 44.3 Å². The van der Waals surface area contributed by atoms with E-state index in [1.807, 2.05) is 18.2 Å². The Morgan fingerprint density at radius 3 is 2.50 bits per heavy atom. The normalized spacial score (nSPS) is 15.8. The molecule has 1 aliphatic rings. The number of piperazine rings is 1. The lowest BCUT2D eigenvalue weighted by atomic mass is 10.1. The Kier molecular flexibility index (Phi) is 7.84. The summed E-state index contributed by atoms with van der Waals surface area (Å²) < 4.78 is 10.5. The van der Waals surface area contributed by atoms with E-state index in [4.69, 9.17) is 9.47 Å². The molecule has 1 aromatic heterocycles. The number of hydrogen-bond donors (Lipinski definition) is 0. The number of anilines is 1. The van der Waals surface area contributed by atoms with Crippen LogP contribution >= 0.6 is 0 Å². The second-order valence-electron chi connectivity index (χ2n) is 6.86. The molecule has 0 N–H and O–H groups in total. The smallest absolute Gasteiger partial charge is 0.335 e. The van der Waals surface area contributed by atoms with Gasteiger partial charge in [-0.15, -0.1) is 0 Å². The molecule has 1 amide bonds. The SMILES string of the molecule is CC(C)CCOC(C)C(=O)OCC(=O)N1CCN(c2ccccn2)CC1. The van der Waals surface area contributed by atoms with Crippen LogP contribution in [0.25, 0.3) is 0 Å². The third kappa shape index (κ3) is 6.29. The topological polar surface area (TPSA) is 72.0 Å². The maximum absolute atomic E-state index is 12.2. The molecule has 1 saturated heterocycles. The molecule has 1 fully saturated rings. The molecule has 0 aromatic carbocycles. The summed E-state index contributed by atoms with van der Waals surface area (Å²) in [6.45, 7) is 8.73. The first-order valence-electron chi connectivity index (χ1n) is 9.19. The van der Waals surface area contributed by atoms with Crippen LogP contribution in [0.2, 0.25) is 0 Å². The predicted octanol–water partition coefficient (Wildman–Crippen LogP) is 1.72. The minimum atomic E-state index is -0.650. The van der Waals surface area contributed by atoms with Crippen molar-refractivity contribution in [2.24, 2.45) is 5.92 Å². The van der Waals surface area contributed by atoms with Crippen LogP contribution in [0.15, 0.2) is 24.4 Å². The van der Waals surface area contributed by atoms with Gasteiger partial charge in [-0.2, -0.15) is 0 Å². The summed E-state index contributed by atoms with van der Waals surface area (Å²) in [5, 5.41) is 0. The number of amides is 1. The van der Waals surface area contributed by atoms with Gasteiger partial charge >= 0.3 is 5.97 Å². The number of ether oxygens (including phenoxy) is 2. The number of hydrogen-bond acceptors (Lipinski definition) is 6. The number of carbonyl (C=O) groups excluding carboxylic acids is 2. The maximum Gasteiger partial charge on any atom is 0.335 e. The molecule has 2 rings (SSSR count). The lowest BCUT2D eigenvalue weighted by Gasteiger charge is -2.35. The average Bonchev–Trinajstić information content (AvgIpc) is 2.66. The highest BCUT2D eigenvalue weighted by molar-refractivity contribution is 5.82. The highest BCUT2D eigenvalue weighted by Crippen LogP contribution is 2.12. The van der Waals surface area contributed by atoms with Crippen LogP contribution in [0.3, 0.4) is 0 Å². The van der Waals surface area contributed by atoms with Gasteiger partial charge in [-0.05, 0) is 31.4 Å². The van der Waals surface area contributed by atoms with Crippen molar-refractivity contribution in [3.63, 3.8) is 0 Å². The lowest BCUT2D eigenvalue weighted by molar-refractivity contribution is -0.161. The number of pyridine rings is 1. The molecule has 7 nitrogen and oxygen atoms in total. The quantitative estimate of drug-likeness (QED) is 0.655. The second-order valence-corrected chi connectivity index (χ2v) is 6.86. The fourth-order valence-electron chi connectivity index (χ4n) is 2.62. The molecule has 1 aliphatic heterocycles. The summed E-state index contributed by atoms with van der Waals surface area (Å²) >= 11 is 0. The number of aromatic nitrogens is 1. The van der Waals surface area contributed by atoms with E-state index in [1.165, 1.54) is 0 Å². The van der Waals surface area contributed by atoms with Gasteiger partial charge in [0.15, 0.2) is 12.7 Å². The Labute approximate surface area is 155 Å². The van der Waals surface area contributed by atoms with Crippen molar-refractivity contribution in [2.45, 2.75) is 33.3 Å². The fraction of sp³-hybridized carbons (Fsp3) is 0.632. The highest BCUT2D eigenvalue weighted by Gasteiger charge is 2.23. The first kappa shape index (κ1) is 20.2. The number of esters is 1. The van der Waals surface area contributed by atoms with Crippen LogP contribution in [0, 0.1) is 5.92 Å². The van der Waals surface area contributed by atoms with Crippen LogP contribution in [-0.2, 0) is 19.1 Å². The Hall–Kier alpha value is -2.15. The molecule has 1 aromatic rings. The summed E-state index contributed by atoms with van der Waals surface area (Å²) in [6.07, 6.45) is 2.00. The van der Waals surface area contributed by atoms with Gasteiger partial charge in [-0.3, -0.25) is 4.79 Å². The van der Waals surface area contributed by atoms with Crippen LogP contribution in [0.4, 0.5) is 5.82 Å². The fourth-order valence-corrected chi connectivity index (χ4v) is 2.62. The number of nitrogens with zero attached hydrogens (tertiary/aromatic N) is 3. The Morgan fingerprint density at radius 2 is 1.88 bits per heavy atom. The molecule has 0 spiro atoms. The van der Waals surface area contributed by atoms with Gasteiger partial charge in [-0.1, -0.05) is 19.9 Å². The predicted molar refractivity (Wildman–Crippen MR) is 98.9 cm³/mol. The number of carbonyl (C=O) groups is 2. The first-order chi connectivity index (χ1) is 12.5. The molecule has 0 radical (unpaired) electrons. The van der Waals surface area contributed by atoms with Crippen molar-refractivity contribution in [3.05, 3.63) is 24.4 Å². The van der Waals surface area contributed by atoms with Gasteiger partial charge in [0.05, 0.1) is 0 Å². The van der Waals surface area contributed by atoms with Gasteiger partial charge < -0.3 is 19.3 Å². The van der Waals surface area contributed by atoms with Crippen molar-refractivity contribution >= 4 is 17.7 Å². The molecule has 2 heterocycles. The van der Waals surface area contributed by atoms with Gasteiger partial charge in [0.25, 0.3) is 5.91 Å². The summed E-state index contributed by atoms with van der Waals surface area (Å²) in [7, 11) is 0. The van der Waals surface area contributed by atoms with Gasteiger partial charge in [0.2, 0.25) is 0 Å². The maximum atomic E-state index is 12.2. The molecule has 144 valence electrons. The van der Waals surface area contributed by atoms with E-state index < -0.39 is 12.1 Å². The first-order valence-corrected chi connectivity index (χ1v) is 9.19. The lowest BCUT2D eigenvalue weighted by Crippen LogP contribution is -2.50. The van der Waals surface area contributed by atoms with Crippen molar-refractivity contribution in [3.8, 4) is 0 Å². The third-order valence-electron chi connectivity index (χ3n) is 4.34. The van der Waals surface area contributed by atoms with Crippen LogP contribution in [0.5, 0.6) is 0 Å². The Balaban J connectivity index is 1.68. The van der Waals surface area contributed by atoms with Gasteiger partial charge in [0.1, 0.15) is 5.82 Å². The monoisotopic (exact) mass is 363 g/mol. The largest absolute Gasteiger partial charge is 0.454 e. The molecule has 0 bridgehead atoms. The molecular formula is C19H29N3O4. The van der Waals surface area contributed by atoms with Gasteiger partial charge in [0, 0.05) is 39.0 Å². The van der Waals surface area contributed by atoms with E-state index >= 15 is 0 Å². The minimum absolute atomic E-state index is 0.173. The van der Waals surface area contributed by atoms with E-state index in [9.17, 15) is 9.59 Å². The van der Waals surface area contributed by atoms with Crippen LogP contribution in [0.1, 0.15) is 27.2 Å². The summed E-state index contributed by atoms with van der Waals surface area (Å²) in [5.41, 5.74) is 0. The van der Waals surface area contributed by atoms with Crippen molar-refractivity contribution in [1.82, 2.24) is 9.88 Å². The van der Waals surface area contributed by atoms with E-state index in [1.54, 1.807) is 18.0 Å². The molecule has 0 aliphatic carbocycles.